The first-order valence-corrected chi connectivity index (χ1v) is 8.66. The Balaban J connectivity index is 2.08. The van der Waals surface area contributed by atoms with Crippen molar-refractivity contribution < 1.29 is 4.79 Å². The van der Waals surface area contributed by atoms with E-state index < -0.39 is 0 Å². The zero-order valence-corrected chi connectivity index (χ0v) is 14.4. The molecule has 1 amide bonds. The Labute approximate surface area is 146 Å². The van der Waals surface area contributed by atoms with Crippen molar-refractivity contribution in [3.63, 3.8) is 0 Å². The van der Waals surface area contributed by atoms with Crippen LogP contribution in [0.15, 0.2) is 48.5 Å². The van der Waals surface area contributed by atoms with Gasteiger partial charge in [-0.2, -0.15) is 0 Å². The van der Waals surface area contributed by atoms with Gasteiger partial charge in [-0.3, -0.25) is 4.79 Å². The van der Waals surface area contributed by atoms with Crippen LogP contribution in [0.25, 0.3) is 22.5 Å². The highest BCUT2D eigenvalue weighted by molar-refractivity contribution is 6.00. The molecule has 3 aromatic rings. The van der Waals surface area contributed by atoms with Gasteiger partial charge in [0, 0.05) is 24.1 Å². The Kier molecular flexibility index (Phi) is 3.84. The molecule has 0 saturated heterocycles. The average molecular weight is 332 g/mol. The Morgan fingerprint density at radius 2 is 1.76 bits per heavy atom. The Hall–Kier alpha value is -2.95. The highest BCUT2D eigenvalue weighted by Gasteiger charge is 2.27. The molecule has 0 spiro atoms. The number of aromatic nitrogens is 3. The van der Waals surface area contributed by atoms with E-state index in [9.17, 15) is 4.79 Å². The quantitative estimate of drug-likeness (QED) is 0.715. The molecule has 0 bridgehead atoms. The highest BCUT2D eigenvalue weighted by atomic mass is 16.2. The molecule has 0 atom stereocenters. The van der Waals surface area contributed by atoms with Crippen LogP contribution in [0, 0.1) is 0 Å². The van der Waals surface area contributed by atoms with Crippen LogP contribution in [0.4, 0.5) is 5.69 Å². The predicted molar refractivity (Wildman–Crippen MR) is 98.0 cm³/mol. The van der Waals surface area contributed by atoms with Gasteiger partial charge in [-0.1, -0.05) is 54.6 Å². The monoisotopic (exact) mass is 332 g/mol. The smallest absolute Gasteiger partial charge is 0.227 e. The number of para-hydroxylation sites is 1. The summed E-state index contributed by atoms with van der Waals surface area (Å²) in [6.45, 7) is 5.22. The van der Waals surface area contributed by atoms with E-state index in [4.69, 9.17) is 0 Å². The molecular weight excluding hydrogens is 312 g/mol. The fourth-order valence-corrected chi connectivity index (χ4v) is 3.45. The first-order chi connectivity index (χ1) is 12.2. The number of anilines is 1. The molecule has 0 saturated carbocycles. The number of amides is 1. The maximum Gasteiger partial charge on any atom is 0.227 e. The lowest BCUT2D eigenvalue weighted by molar-refractivity contribution is -0.118. The van der Waals surface area contributed by atoms with Gasteiger partial charge < -0.3 is 4.90 Å². The van der Waals surface area contributed by atoms with Crippen LogP contribution in [0.2, 0.25) is 0 Å². The lowest BCUT2D eigenvalue weighted by Gasteiger charge is -2.28. The molecule has 0 radical (unpaired) electrons. The average Bonchev–Trinajstić information content (AvgIpc) is 3.08. The molecule has 5 nitrogen and oxygen atoms in total. The maximum absolute atomic E-state index is 12.7. The number of carbonyl (C=O) groups excluding carboxylic acids is 1. The second-order valence-corrected chi connectivity index (χ2v) is 6.11. The number of aryl methyl sites for hydroxylation is 1. The SMILES string of the molecule is CCC(=O)N1Cc2ccccc2-c2nnn(CC)c2-c2ccccc21. The second kappa shape index (κ2) is 6.16. The van der Waals surface area contributed by atoms with Crippen LogP contribution in [0.5, 0.6) is 0 Å². The molecule has 1 aliphatic heterocycles. The molecule has 0 fully saturated rings. The summed E-state index contributed by atoms with van der Waals surface area (Å²) < 4.78 is 1.91. The first-order valence-electron chi connectivity index (χ1n) is 8.66. The minimum Gasteiger partial charge on any atom is -0.307 e. The van der Waals surface area contributed by atoms with Gasteiger partial charge in [0.2, 0.25) is 5.91 Å². The third-order valence-electron chi connectivity index (χ3n) is 4.69. The minimum absolute atomic E-state index is 0.112. The molecule has 4 rings (SSSR count). The van der Waals surface area contributed by atoms with E-state index in [-0.39, 0.29) is 5.91 Å². The molecular formula is C20H20N4O. The van der Waals surface area contributed by atoms with E-state index in [1.165, 1.54) is 0 Å². The van der Waals surface area contributed by atoms with Crippen molar-refractivity contribution in [1.29, 1.82) is 0 Å². The number of fused-ring (bicyclic) bond motifs is 5. The van der Waals surface area contributed by atoms with E-state index in [2.05, 4.69) is 29.4 Å². The van der Waals surface area contributed by atoms with Crippen LogP contribution in [0.3, 0.4) is 0 Å². The molecule has 5 heteroatoms. The fourth-order valence-electron chi connectivity index (χ4n) is 3.45. The zero-order valence-electron chi connectivity index (χ0n) is 14.4. The molecule has 2 heterocycles. The van der Waals surface area contributed by atoms with Gasteiger partial charge in [-0.15, -0.1) is 5.10 Å². The lowest BCUT2D eigenvalue weighted by Crippen LogP contribution is -2.31. The zero-order chi connectivity index (χ0) is 17.4. The number of benzene rings is 2. The molecule has 1 aromatic heterocycles. The summed E-state index contributed by atoms with van der Waals surface area (Å²) in [7, 11) is 0. The van der Waals surface area contributed by atoms with Crippen molar-refractivity contribution in [2.24, 2.45) is 0 Å². The number of carbonyl (C=O) groups is 1. The topological polar surface area (TPSA) is 51.0 Å². The van der Waals surface area contributed by atoms with Crippen molar-refractivity contribution >= 4 is 11.6 Å². The van der Waals surface area contributed by atoms with E-state index in [0.29, 0.717) is 13.0 Å². The fraction of sp³-hybridized carbons (Fsp3) is 0.250. The van der Waals surface area contributed by atoms with Crippen molar-refractivity contribution in [2.45, 2.75) is 33.4 Å². The van der Waals surface area contributed by atoms with Gasteiger partial charge in [-0.05, 0) is 18.6 Å². The Morgan fingerprint density at radius 3 is 2.52 bits per heavy atom. The van der Waals surface area contributed by atoms with Crippen LogP contribution in [-0.4, -0.2) is 20.9 Å². The van der Waals surface area contributed by atoms with Crippen LogP contribution in [-0.2, 0) is 17.9 Å². The van der Waals surface area contributed by atoms with Gasteiger partial charge in [0.15, 0.2) is 0 Å². The molecule has 0 unspecified atom stereocenters. The van der Waals surface area contributed by atoms with Crippen molar-refractivity contribution in [1.82, 2.24) is 15.0 Å². The van der Waals surface area contributed by atoms with E-state index in [0.717, 1.165) is 40.3 Å². The Morgan fingerprint density at radius 1 is 1.04 bits per heavy atom. The summed E-state index contributed by atoms with van der Waals surface area (Å²) in [5.74, 6) is 0.112. The summed E-state index contributed by atoms with van der Waals surface area (Å²) in [4.78, 5) is 14.6. The van der Waals surface area contributed by atoms with Crippen molar-refractivity contribution in [3.8, 4) is 22.5 Å². The number of hydrogen-bond donors (Lipinski definition) is 0. The van der Waals surface area contributed by atoms with E-state index in [1.807, 2.05) is 52.9 Å². The third-order valence-corrected chi connectivity index (χ3v) is 4.69. The van der Waals surface area contributed by atoms with Gasteiger partial charge in [0.1, 0.15) is 5.69 Å². The lowest BCUT2D eigenvalue weighted by atomic mass is 9.95. The summed E-state index contributed by atoms with van der Waals surface area (Å²) in [5, 5.41) is 8.82. The molecule has 2 aromatic carbocycles. The van der Waals surface area contributed by atoms with Crippen LogP contribution < -0.4 is 4.90 Å². The van der Waals surface area contributed by atoms with E-state index >= 15 is 0 Å². The number of rotatable bonds is 2. The number of hydrogen-bond acceptors (Lipinski definition) is 3. The van der Waals surface area contributed by atoms with Gasteiger partial charge in [0.05, 0.1) is 17.9 Å². The summed E-state index contributed by atoms with van der Waals surface area (Å²) in [5.41, 5.74) is 5.90. The van der Waals surface area contributed by atoms with Gasteiger partial charge in [0.25, 0.3) is 0 Å². The largest absolute Gasteiger partial charge is 0.307 e. The van der Waals surface area contributed by atoms with E-state index in [1.54, 1.807) is 0 Å². The second-order valence-electron chi connectivity index (χ2n) is 6.11. The molecule has 1 aliphatic rings. The van der Waals surface area contributed by atoms with Gasteiger partial charge in [-0.25, -0.2) is 4.68 Å². The van der Waals surface area contributed by atoms with Crippen molar-refractivity contribution in [2.75, 3.05) is 4.90 Å². The Bertz CT molecular complexity index is 944. The summed E-state index contributed by atoms with van der Waals surface area (Å²) in [6, 6.07) is 16.2. The minimum atomic E-state index is 0.112. The molecule has 0 aliphatic carbocycles. The molecule has 0 N–H and O–H groups in total. The summed E-state index contributed by atoms with van der Waals surface area (Å²) in [6.07, 6.45) is 0.467. The maximum atomic E-state index is 12.7. The molecule has 126 valence electrons. The third kappa shape index (κ3) is 2.43. The molecule has 25 heavy (non-hydrogen) atoms. The summed E-state index contributed by atoms with van der Waals surface area (Å²) >= 11 is 0. The highest BCUT2D eigenvalue weighted by Crippen LogP contribution is 2.41. The predicted octanol–water partition coefficient (Wildman–Crippen LogP) is 3.89. The van der Waals surface area contributed by atoms with Crippen LogP contribution in [0.1, 0.15) is 25.8 Å². The first kappa shape index (κ1) is 15.6. The number of nitrogens with zero attached hydrogens (tertiary/aromatic N) is 4. The normalized spacial score (nSPS) is 12.6. The van der Waals surface area contributed by atoms with Crippen molar-refractivity contribution in [3.05, 3.63) is 54.1 Å². The van der Waals surface area contributed by atoms with Crippen LogP contribution >= 0.6 is 0 Å². The van der Waals surface area contributed by atoms with Gasteiger partial charge >= 0.3 is 0 Å². The standard InChI is InChI=1S/C20H20N4O/c1-3-18(25)23-13-14-9-5-6-10-15(14)19-20(24(4-2)22-21-19)16-11-7-8-12-17(16)23/h5-12H,3-4,13H2,1-2H3.